The lowest BCUT2D eigenvalue weighted by atomic mass is 10.1. The smallest absolute Gasteiger partial charge is 0.273 e. The second-order valence-electron chi connectivity index (χ2n) is 2.77. The fourth-order valence-electron chi connectivity index (χ4n) is 1.14. The second kappa shape index (κ2) is 4.45. The molecule has 5 nitrogen and oxygen atoms in total. The van der Waals surface area contributed by atoms with Crippen LogP contribution in [0.15, 0.2) is 24.8 Å². The third kappa shape index (κ3) is 2.25. The van der Waals surface area contributed by atoms with Crippen molar-refractivity contribution in [2.45, 2.75) is 0 Å². The molecule has 0 amide bonds. The highest BCUT2D eigenvalue weighted by atomic mass is 16.6. The third-order valence-electron chi connectivity index (χ3n) is 1.94. The van der Waals surface area contributed by atoms with Gasteiger partial charge < -0.3 is 9.47 Å². The summed E-state index contributed by atoms with van der Waals surface area (Å²) in [5, 5.41) is 10.6. The van der Waals surface area contributed by atoms with Crippen molar-refractivity contribution in [3.05, 3.63) is 40.5 Å². The van der Waals surface area contributed by atoms with Gasteiger partial charge in [0.2, 0.25) is 0 Å². The number of nitro groups is 1. The minimum absolute atomic E-state index is 0.217. The molecule has 5 heteroatoms. The zero-order valence-electron chi connectivity index (χ0n) is 8.52. The number of rotatable bonds is 4. The van der Waals surface area contributed by atoms with Crippen molar-refractivity contribution in [1.29, 1.82) is 0 Å². The summed E-state index contributed by atoms with van der Waals surface area (Å²) in [5.74, 6) is 0.923. The predicted octanol–water partition coefficient (Wildman–Crippen LogP) is 1.95. The standard InChI is InChI=1S/C10H11NO4/c1-7(11(12)13)9-6-8(14-2)4-5-10(9)15-3/h4-6H,1H2,2-3H3. The van der Waals surface area contributed by atoms with E-state index < -0.39 is 4.92 Å². The first-order chi connectivity index (χ1) is 7.10. The van der Waals surface area contributed by atoms with E-state index in [0.717, 1.165) is 0 Å². The summed E-state index contributed by atoms with van der Waals surface area (Å²) in [6, 6.07) is 4.78. The first-order valence-electron chi connectivity index (χ1n) is 4.16. The van der Waals surface area contributed by atoms with Crippen LogP contribution in [0.1, 0.15) is 5.56 Å². The summed E-state index contributed by atoms with van der Waals surface area (Å²) in [4.78, 5) is 10.0. The van der Waals surface area contributed by atoms with Crippen molar-refractivity contribution < 1.29 is 14.4 Å². The van der Waals surface area contributed by atoms with Crippen LogP contribution in [0.2, 0.25) is 0 Å². The van der Waals surface area contributed by atoms with Crippen molar-refractivity contribution in [2.75, 3.05) is 14.2 Å². The average molecular weight is 209 g/mol. The molecule has 0 fully saturated rings. The SMILES string of the molecule is C=C(c1cc(OC)ccc1OC)[N+](=O)[O-]. The van der Waals surface area contributed by atoms with Gasteiger partial charge in [-0.1, -0.05) is 0 Å². The van der Waals surface area contributed by atoms with Gasteiger partial charge >= 0.3 is 0 Å². The summed E-state index contributed by atoms with van der Waals surface area (Å²) >= 11 is 0. The highest BCUT2D eigenvalue weighted by molar-refractivity contribution is 5.64. The van der Waals surface area contributed by atoms with Crippen LogP contribution in [0.5, 0.6) is 11.5 Å². The second-order valence-corrected chi connectivity index (χ2v) is 2.77. The highest BCUT2D eigenvalue weighted by Crippen LogP contribution is 2.29. The largest absolute Gasteiger partial charge is 0.497 e. The fourth-order valence-corrected chi connectivity index (χ4v) is 1.14. The van der Waals surface area contributed by atoms with Gasteiger partial charge in [0.25, 0.3) is 5.70 Å². The van der Waals surface area contributed by atoms with Crippen LogP contribution in [-0.2, 0) is 0 Å². The number of hydrogen-bond donors (Lipinski definition) is 0. The maximum Gasteiger partial charge on any atom is 0.273 e. The van der Waals surface area contributed by atoms with E-state index in [1.807, 2.05) is 0 Å². The summed E-state index contributed by atoms with van der Waals surface area (Å²) in [6.45, 7) is 3.37. The Morgan fingerprint density at radius 3 is 2.53 bits per heavy atom. The fraction of sp³-hybridized carbons (Fsp3) is 0.200. The van der Waals surface area contributed by atoms with Crippen LogP contribution in [0.25, 0.3) is 5.70 Å². The van der Waals surface area contributed by atoms with E-state index >= 15 is 0 Å². The lowest BCUT2D eigenvalue weighted by Gasteiger charge is -2.07. The van der Waals surface area contributed by atoms with Crippen molar-refractivity contribution in [3.8, 4) is 11.5 Å². The van der Waals surface area contributed by atoms with Gasteiger partial charge in [0.15, 0.2) is 0 Å². The summed E-state index contributed by atoms with van der Waals surface area (Å²) in [6.07, 6.45) is 0. The molecule has 1 aromatic rings. The van der Waals surface area contributed by atoms with Crippen molar-refractivity contribution in [2.24, 2.45) is 0 Å². The van der Waals surface area contributed by atoms with Gasteiger partial charge in [0.05, 0.1) is 24.7 Å². The Labute approximate surface area is 87.1 Å². The molecule has 0 saturated carbocycles. The molecule has 0 bridgehead atoms. The van der Waals surface area contributed by atoms with Crippen molar-refractivity contribution in [3.63, 3.8) is 0 Å². The van der Waals surface area contributed by atoms with Crippen LogP contribution < -0.4 is 9.47 Å². The lowest BCUT2D eigenvalue weighted by Crippen LogP contribution is -1.99. The van der Waals surface area contributed by atoms with Crippen LogP contribution in [-0.4, -0.2) is 19.1 Å². The minimum Gasteiger partial charge on any atom is -0.497 e. The minimum atomic E-state index is -0.558. The Balaban J connectivity index is 3.23. The molecule has 0 atom stereocenters. The number of benzene rings is 1. The number of ether oxygens (including phenoxy) is 2. The van der Waals surface area contributed by atoms with Gasteiger partial charge in [-0.2, -0.15) is 0 Å². The zero-order chi connectivity index (χ0) is 11.4. The Hall–Kier alpha value is -2.04. The van der Waals surface area contributed by atoms with Crippen LogP contribution in [0.4, 0.5) is 0 Å². The zero-order valence-corrected chi connectivity index (χ0v) is 8.52. The molecule has 0 aliphatic heterocycles. The van der Waals surface area contributed by atoms with E-state index in [0.29, 0.717) is 17.1 Å². The van der Waals surface area contributed by atoms with Gasteiger partial charge in [-0.3, -0.25) is 10.1 Å². The molecule has 0 N–H and O–H groups in total. The molecule has 0 saturated heterocycles. The molecule has 0 spiro atoms. The van der Waals surface area contributed by atoms with Crippen LogP contribution in [0, 0.1) is 10.1 Å². The van der Waals surface area contributed by atoms with E-state index in [1.54, 1.807) is 12.1 Å². The van der Waals surface area contributed by atoms with Gasteiger partial charge in [-0.15, -0.1) is 0 Å². The molecule has 0 radical (unpaired) electrons. The lowest BCUT2D eigenvalue weighted by molar-refractivity contribution is -0.375. The Morgan fingerprint density at radius 2 is 2.07 bits per heavy atom. The van der Waals surface area contributed by atoms with Crippen LogP contribution >= 0.6 is 0 Å². The van der Waals surface area contributed by atoms with Crippen molar-refractivity contribution in [1.82, 2.24) is 0 Å². The number of hydrogen-bond acceptors (Lipinski definition) is 4. The molecule has 80 valence electrons. The maximum absolute atomic E-state index is 10.6. The summed E-state index contributed by atoms with van der Waals surface area (Å²) < 4.78 is 9.96. The molecule has 0 aliphatic rings. The third-order valence-corrected chi connectivity index (χ3v) is 1.94. The molecule has 0 heterocycles. The topological polar surface area (TPSA) is 61.6 Å². The van der Waals surface area contributed by atoms with Gasteiger partial charge in [-0.25, -0.2) is 0 Å². The highest BCUT2D eigenvalue weighted by Gasteiger charge is 2.17. The van der Waals surface area contributed by atoms with E-state index in [1.165, 1.54) is 20.3 Å². The predicted molar refractivity (Wildman–Crippen MR) is 55.6 cm³/mol. The molecule has 0 unspecified atom stereocenters. The molecule has 0 aromatic heterocycles. The Morgan fingerprint density at radius 1 is 1.40 bits per heavy atom. The van der Waals surface area contributed by atoms with E-state index in [4.69, 9.17) is 9.47 Å². The molecule has 1 rings (SSSR count). The molecular weight excluding hydrogens is 198 g/mol. The van der Waals surface area contributed by atoms with Crippen LogP contribution in [0.3, 0.4) is 0 Å². The van der Waals surface area contributed by atoms with Crippen molar-refractivity contribution >= 4 is 5.70 Å². The monoisotopic (exact) mass is 209 g/mol. The average Bonchev–Trinajstić information content (AvgIpc) is 2.27. The Bertz CT molecular complexity index is 400. The first-order valence-corrected chi connectivity index (χ1v) is 4.16. The quantitative estimate of drug-likeness (QED) is 0.561. The Kier molecular flexibility index (Phi) is 3.28. The molecular formula is C10H11NO4. The summed E-state index contributed by atoms with van der Waals surface area (Å²) in [5.41, 5.74) is 0.104. The van der Waals surface area contributed by atoms with Gasteiger partial charge in [0, 0.05) is 0 Å². The van der Waals surface area contributed by atoms with E-state index in [2.05, 4.69) is 6.58 Å². The summed E-state index contributed by atoms with van der Waals surface area (Å²) in [7, 11) is 2.93. The van der Waals surface area contributed by atoms with Gasteiger partial charge in [0.1, 0.15) is 11.5 Å². The molecule has 1 aromatic carbocycles. The van der Waals surface area contributed by atoms with E-state index in [9.17, 15) is 10.1 Å². The number of nitrogens with zero attached hydrogens (tertiary/aromatic N) is 1. The van der Waals surface area contributed by atoms with E-state index in [-0.39, 0.29) is 5.70 Å². The van der Waals surface area contributed by atoms with Gasteiger partial charge in [-0.05, 0) is 24.8 Å². The molecule has 15 heavy (non-hydrogen) atoms. The molecule has 0 aliphatic carbocycles. The number of methoxy groups -OCH3 is 2. The normalized spacial score (nSPS) is 9.47. The first kappa shape index (κ1) is 11.0. The maximum atomic E-state index is 10.6.